The lowest BCUT2D eigenvalue weighted by atomic mass is 10.1. The second-order valence-corrected chi connectivity index (χ2v) is 7.10. The van der Waals surface area contributed by atoms with Crippen LogP contribution in [0.3, 0.4) is 0 Å². The summed E-state index contributed by atoms with van der Waals surface area (Å²) in [7, 11) is 1.58. The average molecular weight is 396 g/mol. The van der Waals surface area contributed by atoms with E-state index in [4.69, 9.17) is 9.47 Å². The van der Waals surface area contributed by atoms with Crippen molar-refractivity contribution in [2.75, 3.05) is 55.1 Å². The summed E-state index contributed by atoms with van der Waals surface area (Å²) in [6.45, 7) is 3.41. The van der Waals surface area contributed by atoms with Crippen LogP contribution in [0, 0.1) is 5.92 Å². The fraction of sp³-hybridized carbons (Fsp3) is 0.381. The first-order chi connectivity index (χ1) is 14.1. The van der Waals surface area contributed by atoms with Crippen LogP contribution in [0.4, 0.5) is 17.2 Å². The molecule has 0 bridgehead atoms. The Balaban J connectivity index is 1.38. The van der Waals surface area contributed by atoms with Crippen LogP contribution in [-0.4, -0.2) is 56.8 Å². The monoisotopic (exact) mass is 396 g/mol. The molecule has 0 spiro atoms. The number of morpholine rings is 1. The van der Waals surface area contributed by atoms with Gasteiger partial charge in [0, 0.05) is 37.8 Å². The van der Waals surface area contributed by atoms with Gasteiger partial charge in [0.25, 0.3) is 0 Å². The van der Waals surface area contributed by atoms with Crippen molar-refractivity contribution in [2.45, 2.75) is 6.42 Å². The van der Waals surface area contributed by atoms with Crippen molar-refractivity contribution in [1.29, 1.82) is 0 Å². The van der Waals surface area contributed by atoms with Gasteiger partial charge in [0.05, 0.1) is 38.1 Å². The summed E-state index contributed by atoms with van der Waals surface area (Å²) in [4.78, 5) is 33.3. The number of anilines is 3. The molecule has 0 aliphatic carbocycles. The lowest BCUT2D eigenvalue weighted by Crippen LogP contribution is -2.36. The topological polar surface area (TPSA) is 84.0 Å². The Bertz CT molecular complexity index is 881. The molecule has 1 N–H and O–H groups in total. The van der Waals surface area contributed by atoms with Gasteiger partial charge in [-0.05, 0) is 24.3 Å². The van der Waals surface area contributed by atoms with Crippen molar-refractivity contribution in [3.05, 3.63) is 42.6 Å². The highest BCUT2D eigenvalue weighted by Gasteiger charge is 2.35. The number of nitrogens with zero attached hydrogens (tertiary/aromatic N) is 3. The molecule has 152 valence electrons. The first kappa shape index (κ1) is 19.2. The third-order valence-electron chi connectivity index (χ3n) is 5.24. The van der Waals surface area contributed by atoms with E-state index in [1.54, 1.807) is 30.3 Å². The van der Waals surface area contributed by atoms with E-state index in [1.165, 1.54) is 0 Å². The van der Waals surface area contributed by atoms with Gasteiger partial charge in [-0.3, -0.25) is 9.59 Å². The van der Waals surface area contributed by atoms with Gasteiger partial charge < -0.3 is 24.6 Å². The first-order valence-electron chi connectivity index (χ1n) is 9.68. The highest BCUT2D eigenvalue weighted by molar-refractivity contribution is 6.03. The van der Waals surface area contributed by atoms with Crippen LogP contribution in [-0.2, 0) is 14.3 Å². The van der Waals surface area contributed by atoms with Crippen molar-refractivity contribution >= 4 is 29.0 Å². The maximum atomic E-state index is 12.7. The molecule has 2 amide bonds. The summed E-state index contributed by atoms with van der Waals surface area (Å²) in [6, 6.07) is 11.0. The van der Waals surface area contributed by atoms with E-state index < -0.39 is 5.92 Å². The molecule has 0 radical (unpaired) electrons. The van der Waals surface area contributed by atoms with E-state index in [0.717, 1.165) is 24.5 Å². The Labute approximate surface area is 169 Å². The van der Waals surface area contributed by atoms with E-state index in [9.17, 15) is 9.59 Å². The van der Waals surface area contributed by atoms with Crippen molar-refractivity contribution in [2.24, 2.45) is 5.92 Å². The van der Waals surface area contributed by atoms with E-state index >= 15 is 0 Å². The van der Waals surface area contributed by atoms with Gasteiger partial charge in [-0.2, -0.15) is 0 Å². The largest absolute Gasteiger partial charge is 0.497 e. The van der Waals surface area contributed by atoms with Gasteiger partial charge in [-0.25, -0.2) is 4.98 Å². The molecule has 2 fully saturated rings. The molecule has 29 heavy (non-hydrogen) atoms. The SMILES string of the molecule is COc1cccc(N2C[C@H](C(=O)Nc3ccc(N4CCOCC4)cn3)CC2=O)c1. The number of hydrogen-bond acceptors (Lipinski definition) is 6. The fourth-order valence-corrected chi connectivity index (χ4v) is 3.61. The van der Waals surface area contributed by atoms with Crippen molar-refractivity contribution < 1.29 is 19.1 Å². The number of aromatic nitrogens is 1. The summed E-state index contributed by atoms with van der Waals surface area (Å²) < 4.78 is 10.6. The Morgan fingerprint density at radius 2 is 2.03 bits per heavy atom. The third kappa shape index (κ3) is 4.32. The zero-order chi connectivity index (χ0) is 20.2. The standard InChI is InChI=1S/C21H24N4O4/c1-28-18-4-2-3-16(12-18)25-14-15(11-20(25)26)21(27)23-19-6-5-17(13-22-19)24-7-9-29-10-8-24/h2-6,12-13,15H,7-11,14H2,1H3,(H,22,23,27)/t15-/m1/s1. The molecule has 1 aromatic heterocycles. The summed E-state index contributed by atoms with van der Waals surface area (Å²) in [5.74, 6) is 0.464. The number of ether oxygens (including phenoxy) is 2. The van der Waals surface area contributed by atoms with E-state index in [0.29, 0.717) is 31.3 Å². The van der Waals surface area contributed by atoms with Gasteiger partial charge in [0.1, 0.15) is 11.6 Å². The predicted octanol–water partition coefficient (Wildman–Crippen LogP) is 1.92. The van der Waals surface area contributed by atoms with Crippen LogP contribution in [0.1, 0.15) is 6.42 Å². The molecule has 1 atom stereocenters. The quantitative estimate of drug-likeness (QED) is 0.831. The fourth-order valence-electron chi connectivity index (χ4n) is 3.61. The number of rotatable bonds is 5. The molecule has 2 aromatic rings. The van der Waals surface area contributed by atoms with Gasteiger partial charge in [-0.1, -0.05) is 6.07 Å². The van der Waals surface area contributed by atoms with E-state index in [2.05, 4.69) is 15.2 Å². The zero-order valence-electron chi connectivity index (χ0n) is 16.3. The number of nitrogens with one attached hydrogen (secondary N) is 1. The van der Waals surface area contributed by atoms with Crippen LogP contribution in [0.15, 0.2) is 42.6 Å². The molecule has 2 aliphatic heterocycles. The maximum Gasteiger partial charge on any atom is 0.230 e. The number of benzene rings is 1. The molecule has 0 unspecified atom stereocenters. The molecule has 4 rings (SSSR count). The smallest absolute Gasteiger partial charge is 0.230 e. The van der Waals surface area contributed by atoms with E-state index in [-0.39, 0.29) is 18.2 Å². The molecule has 2 aliphatic rings. The van der Waals surface area contributed by atoms with Gasteiger partial charge in [0.15, 0.2) is 0 Å². The van der Waals surface area contributed by atoms with Crippen LogP contribution in [0.2, 0.25) is 0 Å². The summed E-state index contributed by atoms with van der Waals surface area (Å²) in [5.41, 5.74) is 1.74. The Kier molecular flexibility index (Phi) is 5.62. The Morgan fingerprint density at radius 1 is 1.21 bits per heavy atom. The highest BCUT2D eigenvalue weighted by Crippen LogP contribution is 2.28. The highest BCUT2D eigenvalue weighted by atomic mass is 16.5. The molecule has 8 nitrogen and oxygen atoms in total. The van der Waals surface area contributed by atoms with Crippen molar-refractivity contribution in [3.63, 3.8) is 0 Å². The van der Waals surface area contributed by atoms with Gasteiger partial charge in [-0.15, -0.1) is 0 Å². The lowest BCUT2D eigenvalue weighted by Gasteiger charge is -2.28. The minimum absolute atomic E-state index is 0.0750. The van der Waals surface area contributed by atoms with E-state index in [1.807, 2.05) is 24.3 Å². The van der Waals surface area contributed by atoms with Gasteiger partial charge in [0.2, 0.25) is 11.8 Å². The molecular formula is C21H24N4O4. The van der Waals surface area contributed by atoms with Gasteiger partial charge >= 0.3 is 0 Å². The number of carbonyl (C=O) groups excluding carboxylic acids is 2. The van der Waals surface area contributed by atoms with Crippen LogP contribution >= 0.6 is 0 Å². The molecule has 8 heteroatoms. The second-order valence-electron chi connectivity index (χ2n) is 7.10. The number of carbonyl (C=O) groups is 2. The van der Waals surface area contributed by atoms with Crippen LogP contribution in [0.5, 0.6) is 5.75 Å². The minimum atomic E-state index is -0.422. The van der Waals surface area contributed by atoms with Crippen molar-refractivity contribution in [1.82, 2.24) is 4.98 Å². The third-order valence-corrected chi connectivity index (χ3v) is 5.24. The van der Waals surface area contributed by atoms with Crippen molar-refractivity contribution in [3.8, 4) is 5.75 Å². The molecule has 3 heterocycles. The summed E-state index contributed by atoms with van der Waals surface area (Å²) in [6.07, 6.45) is 1.93. The minimum Gasteiger partial charge on any atom is -0.497 e. The van der Waals surface area contributed by atoms with Crippen LogP contribution in [0.25, 0.3) is 0 Å². The zero-order valence-corrected chi connectivity index (χ0v) is 16.3. The molecule has 1 aromatic carbocycles. The number of pyridine rings is 1. The Hall–Kier alpha value is -3.13. The maximum absolute atomic E-state index is 12.7. The number of methoxy groups -OCH3 is 1. The molecule has 0 saturated carbocycles. The molecular weight excluding hydrogens is 372 g/mol. The number of amides is 2. The predicted molar refractivity (Wildman–Crippen MR) is 109 cm³/mol. The Morgan fingerprint density at radius 3 is 2.76 bits per heavy atom. The first-order valence-corrected chi connectivity index (χ1v) is 9.68. The number of hydrogen-bond donors (Lipinski definition) is 1. The summed E-state index contributed by atoms with van der Waals surface area (Å²) in [5, 5.41) is 2.83. The molecule has 2 saturated heterocycles. The summed E-state index contributed by atoms with van der Waals surface area (Å²) >= 11 is 0. The average Bonchev–Trinajstić information content (AvgIpc) is 3.17. The lowest BCUT2D eigenvalue weighted by molar-refractivity contribution is -0.122. The second kappa shape index (κ2) is 8.48. The van der Waals surface area contributed by atoms with Crippen LogP contribution < -0.4 is 19.9 Å². The normalized spacial score (nSPS) is 19.3.